The number of aliphatic hydroxyl groups excluding tert-OH is 1. The number of ether oxygens (including phenoxy) is 1. The lowest BCUT2D eigenvalue weighted by Gasteiger charge is -2.37. The third kappa shape index (κ3) is 4.78. The lowest BCUT2D eigenvalue weighted by atomic mass is 9.65. The Kier molecular flexibility index (Phi) is 7.72. The second kappa shape index (κ2) is 11.3. The van der Waals surface area contributed by atoms with Crippen molar-refractivity contribution in [2.24, 2.45) is 17.8 Å². The number of hydrogen-bond donors (Lipinski definition) is 3. The van der Waals surface area contributed by atoms with Gasteiger partial charge >= 0.3 is 0 Å². The van der Waals surface area contributed by atoms with Crippen LogP contribution in [-0.2, 0) is 32.3 Å². The normalized spacial score (nSPS) is 28.4. The van der Waals surface area contributed by atoms with Crippen molar-refractivity contribution < 1.29 is 24.2 Å². The second-order valence-corrected chi connectivity index (χ2v) is 12.5. The molecule has 2 unspecified atom stereocenters. The summed E-state index contributed by atoms with van der Waals surface area (Å²) in [7, 11) is 0. The number of benzene rings is 2. The molecule has 3 aromatic rings. The molecule has 0 saturated carbocycles. The molecule has 43 heavy (non-hydrogen) atoms. The van der Waals surface area contributed by atoms with Crippen molar-refractivity contribution in [1.82, 2.24) is 30.5 Å². The number of carbonyl (C=O) groups excluding carboxylic acids is 3. The molecule has 2 bridgehead atoms. The zero-order valence-corrected chi connectivity index (χ0v) is 24.9. The van der Waals surface area contributed by atoms with Crippen LogP contribution < -0.4 is 10.6 Å². The Morgan fingerprint density at radius 2 is 1.81 bits per heavy atom. The van der Waals surface area contributed by atoms with E-state index in [1.54, 1.807) is 4.68 Å². The monoisotopic (exact) mass is 588 g/mol. The summed E-state index contributed by atoms with van der Waals surface area (Å²) < 4.78 is 8.45. The van der Waals surface area contributed by atoms with Gasteiger partial charge in [0, 0.05) is 6.54 Å². The SMILES string of the molecule is CC[C@]12CCC3(O1)C(C(=O)NCn1nnc4ccccc41)N([C@@H](CO)CC(C)C)C(=O)[C@@H]3[C@H]2C(=O)NCc1ccccc1. The Bertz CT molecular complexity index is 1510. The van der Waals surface area contributed by atoms with E-state index in [9.17, 15) is 19.5 Å². The van der Waals surface area contributed by atoms with Gasteiger partial charge in [0.1, 0.15) is 23.8 Å². The van der Waals surface area contributed by atoms with Crippen LogP contribution >= 0.6 is 0 Å². The molecule has 3 N–H and O–H groups in total. The van der Waals surface area contributed by atoms with Crippen LogP contribution in [-0.4, -0.2) is 72.6 Å². The highest BCUT2D eigenvalue weighted by atomic mass is 16.5. The molecule has 1 aromatic heterocycles. The van der Waals surface area contributed by atoms with Gasteiger partial charge < -0.3 is 25.4 Å². The topological polar surface area (TPSA) is 139 Å². The van der Waals surface area contributed by atoms with Gasteiger partial charge in [0.2, 0.25) is 17.7 Å². The molecule has 228 valence electrons. The van der Waals surface area contributed by atoms with E-state index < -0.39 is 41.0 Å². The Balaban J connectivity index is 1.33. The predicted octanol–water partition coefficient (Wildman–Crippen LogP) is 2.38. The summed E-state index contributed by atoms with van der Waals surface area (Å²) in [5, 5.41) is 24.9. The third-order valence-electron chi connectivity index (χ3n) is 9.63. The molecule has 3 fully saturated rings. The van der Waals surface area contributed by atoms with Crippen LogP contribution in [0.4, 0.5) is 0 Å². The van der Waals surface area contributed by atoms with Crippen molar-refractivity contribution in [3.8, 4) is 0 Å². The summed E-state index contributed by atoms with van der Waals surface area (Å²) >= 11 is 0. The Morgan fingerprint density at radius 3 is 2.53 bits per heavy atom. The standard InChI is InChI=1S/C32H40N6O5/c1-4-31-14-15-32(43-31)26(25(31)28(40)33-17-21-10-6-5-7-11-21)30(42)38(22(18-39)16-20(2)3)27(32)29(41)34-19-37-24-13-9-8-12-23(24)35-36-37/h5-13,20,22,25-27,39H,4,14-19H2,1-3H3,(H,33,40)(H,34,41)/t22-,25+,26+,27?,31-,32?/m1/s1. The van der Waals surface area contributed by atoms with Gasteiger partial charge in [0.15, 0.2) is 0 Å². The number of nitrogens with zero attached hydrogens (tertiary/aromatic N) is 4. The highest BCUT2D eigenvalue weighted by molar-refractivity contribution is 5.99. The Labute approximate surface area is 250 Å². The van der Waals surface area contributed by atoms with E-state index in [0.29, 0.717) is 37.7 Å². The van der Waals surface area contributed by atoms with E-state index in [-0.39, 0.29) is 31.0 Å². The molecule has 11 nitrogen and oxygen atoms in total. The second-order valence-electron chi connectivity index (χ2n) is 12.5. The van der Waals surface area contributed by atoms with Gasteiger partial charge in [-0.25, -0.2) is 4.68 Å². The van der Waals surface area contributed by atoms with Crippen molar-refractivity contribution >= 4 is 28.8 Å². The van der Waals surface area contributed by atoms with Crippen LogP contribution in [0.1, 0.15) is 52.0 Å². The molecule has 1 spiro atoms. The maximum Gasteiger partial charge on any atom is 0.247 e. The first kappa shape index (κ1) is 29.3. The fraction of sp³-hybridized carbons (Fsp3) is 0.531. The summed E-state index contributed by atoms with van der Waals surface area (Å²) in [6.45, 7) is 6.08. The first-order valence-electron chi connectivity index (χ1n) is 15.3. The van der Waals surface area contributed by atoms with Crippen LogP contribution in [0.2, 0.25) is 0 Å². The molecule has 4 heterocycles. The van der Waals surface area contributed by atoms with E-state index in [2.05, 4.69) is 20.9 Å². The smallest absolute Gasteiger partial charge is 0.247 e. The highest BCUT2D eigenvalue weighted by Crippen LogP contribution is 2.64. The van der Waals surface area contributed by atoms with Gasteiger partial charge in [-0.2, -0.15) is 0 Å². The maximum atomic E-state index is 14.5. The number of nitrogens with one attached hydrogen (secondary N) is 2. The molecule has 3 amide bonds. The molecular weight excluding hydrogens is 548 g/mol. The molecule has 6 rings (SSSR count). The van der Waals surface area contributed by atoms with E-state index in [0.717, 1.165) is 11.1 Å². The number of hydrogen-bond acceptors (Lipinski definition) is 7. The number of carbonyl (C=O) groups is 3. The molecule has 0 radical (unpaired) electrons. The van der Waals surface area contributed by atoms with Gasteiger partial charge in [0.05, 0.1) is 35.6 Å². The zero-order chi connectivity index (χ0) is 30.4. The van der Waals surface area contributed by atoms with Gasteiger partial charge in [-0.1, -0.05) is 68.4 Å². The van der Waals surface area contributed by atoms with Gasteiger partial charge in [0.25, 0.3) is 0 Å². The minimum absolute atomic E-state index is 0.0481. The van der Waals surface area contributed by atoms with Crippen LogP contribution in [0.3, 0.4) is 0 Å². The summed E-state index contributed by atoms with van der Waals surface area (Å²) in [5.41, 5.74) is 0.401. The number of fused-ring (bicyclic) bond motifs is 2. The van der Waals surface area contributed by atoms with Gasteiger partial charge in [-0.05, 0) is 49.3 Å². The van der Waals surface area contributed by atoms with Crippen molar-refractivity contribution in [1.29, 1.82) is 0 Å². The van der Waals surface area contributed by atoms with Crippen molar-refractivity contribution in [3.63, 3.8) is 0 Å². The van der Waals surface area contributed by atoms with Crippen molar-refractivity contribution in [2.75, 3.05) is 6.61 Å². The van der Waals surface area contributed by atoms with E-state index in [1.165, 1.54) is 4.90 Å². The summed E-state index contributed by atoms with van der Waals surface area (Å²) in [6.07, 6.45) is 2.08. The minimum Gasteiger partial charge on any atom is -0.394 e. The quantitative estimate of drug-likeness (QED) is 0.313. The average molecular weight is 589 g/mol. The number of aromatic nitrogens is 3. The zero-order valence-electron chi connectivity index (χ0n) is 24.9. The number of likely N-dealkylation sites (tertiary alicyclic amines) is 1. The van der Waals surface area contributed by atoms with Crippen LogP contribution in [0.5, 0.6) is 0 Å². The van der Waals surface area contributed by atoms with Crippen molar-refractivity contribution in [3.05, 3.63) is 60.2 Å². The first-order chi connectivity index (χ1) is 20.7. The number of rotatable bonds is 11. The molecule has 0 aliphatic carbocycles. The number of aliphatic hydroxyl groups is 1. The summed E-state index contributed by atoms with van der Waals surface area (Å²) in [5.74, 6) is -2.36. The molecule has 11 heteroatoms. The molecular formula is C32H40N6O5. The molecule has 6 atom stereocenters. The van der Waals surface area contributed by atoms with E-state index in [1.807, 2.05) is 75.4 Å². The fourth-order valence-electron chi connectivity index (χ4n) is 7.75. The number of para-hydroxylation sites is 1. The van der Waals surface area contributed by atoms with Gasteiger partial charge in [-0.3, -0.25) is 14.4 Å². The summed E-state index contributed by atoms with van der Waals surface area (Å²) in [4.78, 5) is 44.1. The van der Waals surface area contributed by atoms with Crippen LogP contribution in [0, 0.1) is 17.8 Å². The lowest BCUT2D eigenvalue weighted by Crippen LogP contribution is -2.58. The van der Waals surface area contributed by atoms with Crippen LogP contribution in [0.25, 0.3) is 11.0 Å². The average Bonchev–Trinajstić information content (AvgIpc) is 3.75. The third-order valence-corrected chi connectivity index (χ3v) is 9.63. The van der Waals surface area contributed by atoms with Crippen LogP contribution in [0.15, 0.2) is 54.6 Å². The number of amides is 3. The Morgan fingerprint density at radius 1 is 1.07 bits per heavy atom. The fourth-order valence-corrected chi connectivity index (χ4v) is 7.75. The maximum absolute atomic E-state index is 14.5. The lowest BCUT2D eigenvalue weighted by molar-refractivity contribution is -0.151. The van der Waals surface area contributed by atoms with Gasteiger partial charge in [-0.15, -0.1) is 5.10 Å². The molecule has 3 saturated heterocycles. The summed E-state index contributed by atoms with van der Waals surface area (Å²) in [6, 6.07) is 15.5. The first-order valence-corrected chi connectivity index (χ1v) is 15.3. The largest absolute Gasteiger partial charge is 0.394 e. The van der Waals surface area contributed by atoms with E-state index >= 15 is 0 Å². The molecule has 3 aliphatic heterocycles. The molecule has 2 aromatic carbocycles. The van der Waals surface area contributed by atoms with E-state index in [4.69, 9.17) is 4.74 Å². The predicted molar refractivity (Wildman–Crippen MR) is 158 cm³/mol. The highest BCUT2D eigenvalue weighted by Gasteiger charge is 2.79. The minimum atomic E-state index is -1.18. The Hall–Kier alpha value is -3.83. The van der Waals surface area contributed by atoms with Crippen molar-refractivity contribution in [2.45, 2.75) is 83.0 Å². The molecule has 3 aliphatic rings.